The van der Waals surface area contributed by atoms with Crippen molar-refractivity contribution in [3.63, 3.8) is 0 Å². The minimum atomic E-state index is 0.339. The number of nitrogens with zero attached hydrogens (tertiary/aromatic N) is 2. The summed E-state index contributed by atoms with van der Waals surface area (Å²) in [5, 5.41) is 4.43. The van der Waals surface area contributed by atoms with Gasteiger partial charge >= 0.3 is 0 Å². The van der Waals surface area contributed by atoms with Gasteiger partial charge in [-0.15, -0.1) is 0 Å². The zero-order chi connectivity index (χ0) is 14.2. The Hall–Kier alpha value is -1.39. The van der Waals surface area contributed by atoms with Gasteiger partial charge in [0.2, 0.25) is 0 Å². The highest BCUT2D eigenvalue weighted by atomic mass is 32.2. The zero-order valence-corrected chi connectivity index (χ0v) is 12.9. The van der Waals surface area contributed by atoms with Crippen molar-refractivity contribution in [2.75, 3.05) is 12.3 Å². The van der Waals surface area contributed by atoms with Crippen molar-refractivity contribution in [3.8, 4) is 0 Å². The van der Waals surface area contributed by atoms with Gasteiger partial charge in [-0.1, -0.05) is 49.0 Å². The van der Waals surface area contributed by atoms with E-state index in [4.69, 9.17) is 0 Å². The van der Waals surface area contributed by atoms with Gasteiger partial charge in [-0.25, -0.2) is 9.97 Å². The summed E-state index contributed by atoms with van der Waals surface area (Å²) in [4.78, 5) is 8.70. The SMILES string of the molecule is CCCNC(CSc1ncc(C)cn1)c1ccccc1. The van der Waals surface area contributed by atoms with Crippen molar-refractivity contribution >= 4 is 11.8 Å². The van der Waals surface area contributed by atoms with Crippen molar-refractivity contribution in [3.05, 3.63) is 53.9 Å². The normalized spacial score (nSPS) is 12.3. The van der Waals surface area contributed by atoms with Crippen LogP contribution >= 0.6 is 11.8 Å². The quantitative estimate of drug-likeness (QED) is 0.623. The van der Waals surface area contributed by atoms with Crippen LogP contribution in [0.4, 0.5) is 0 Å². The maximum absolute atomic E-state index is 4.35. The molecule has 2 rings (SSSR count). The Bertz CT molecular complexity index is 499. The van der Waals surface area contributed by atoms with E-state index < -0.39 is 0 Å². The molecule has 4 heteroatoms. The summed E-state index contributed by atoms with van der Waals surface area (Å²) in [7, 11) is 0. The Balaban J connectivity index is 1.99. The van der Waals surface area contributed by atoms with E-state index in [0.29, 0.717) is 6.04 Å². The predicted octanol–water partition coefficient (Wildman–Crippen LogP) is 3.62. The molecular formula is C16H21N3S. The molecule has 1 aromatic carbocycles. The van der Waals surface area contributed by atoms with Crippen molar-refractivity contribution in [2.24, 2.45) is 0 Å². The summed E-state index contributed by atoms with van der Waals surface area (Å²) in [5.74, 6) is 0.938. The predicted molar refractivity (Wildman–Crippen MR) is 85.0 cm³/mol. The fraction of sp³-hybridized carbons (Fsp3) is 0.375. The number of benzene rings is 1. The van der Waals surface area contributed by atoms with Crippen LogP contribution in [0, 0.1) is 6.92 Å². The van der Waals surface area contributed by atoms with Gasteiger partial charge in [0.15, 0.2) is 5.16 Å². The first kappa shape index (κ1) is 15.0. The van der Waals surface area contributed by atoms with Crippen molar-refractivity contribution in [1.82, 2.24) is 15.3 Å². The maximum Gasteiger partial charge on any atom is 0.187 e. The molecule has 0 aliphatic rings. The van der Waals surface area contributed by atoms with Crippen LogP contribution in [0.2, 0.25) is 0 Å². The topological polar surface area (TPSA) is 37.8 Å². The summed E-state index contributed by atoms with van der Waals surface area (Å²) < 4.78 is 0. The number of aromatic nitrogens is 2. The molecule has 1 N–H and O–H groups in total. The van der Waals surface area contributed by atoms with Gasteiger partial charge in [-0.3, -0.25) is 0 Å². The highest BCUT2D eigenvalue weighted by Crippen LogP contribution is 2.22. The summed E-state index contributed by atoms with van der Waals surface area (Å²) >= 11 is 1.70. The largest absolute Gasteiger partial charge is 0.309 e. The molecule has 0 saturated carbocycles. The molecule has 1 atom stereocenters. The van der Waals surface area contributed by atoms with Crippen LogP contribution in [0.3, 0.4) is 0 Å². The molecule has 1 heterocycles. The fourth-order valence-electron chi connectivity index (χ4n) is 1.89. The van der Waals surface area contributed by atoms with E-state index in [1.165, 1.54) is 5.56 Å². The first-order valence-corrected chi connectivity index (χ1v) is 7.98. The van der Waals surface area contributed by atoms with Gasteiger partial charge in [0.1, 0.15) is 0 Å². The Morgan fingerprint density at radius 1 is 1.15 bits per heavy atom. The van der Waals surface area contributed by atoms with Crippen LogP contribution in [0.15, 0.2) is 47.9 Å². The van der Waals surface area contributed by atoms with Crippen LogP contribution in [0.5, 0.6) is 0 Å². The lowest BCUT2D eigenvalue weighted by Gasteiger charge is -2.18. The Morgan fingerprint density at radius 2 is 1.85 bits per heavy atom. The van der Waals surface area contributed by atoms with E-state index in [0.717, 1.165) is 29.4 Å². The molecular weight excluding hydrogens is 266 g/mol. The molecule has 3 nitrogen and oxygen atoms in total. The Labute approximate surface area is 125 Å². The number of hydrogen-bond donors (Lipinski definition) is 1. The van der Waals surface area contributed by atoms with E-state index in [9.17, 15) is 0 Å². The van der Waals surface area contributed by atoms with E-state index in [1.54, 1.807) is 11.8 Å². The number of rotatable bonds is 7. The molecule has 0 amide bonds. The number of thioether (sulfide) groups is 1. The van der Waals surface area contributed by atoms with Crippen molar-refractivity contribution < 1.29 is 0 Å². The Kier molecular flexibility index (Phi) is 6.02. The standard InChI is InChI=1S/C16H21N3S/c1-3-9-17-15(14-7-5-4-6-8-14)12-20-16-18-10-13(2)11-19-16/h4-8,10-11,15,17H,3,9,12H2,1-2H3. The van der Waals surface area contributed by atoms with Gasteiger partial charge in [-0.2, -0.15) is 0 Å². The van der Waals surface area contributed by atoms with Crippen LogP contribution in [-0.2, 0) is 0 Å². The van der Waals surface area contributed by atoms with Crippen molar-refractivity contribution in [2.45, 2.75) is 31.5 Å². The van der Waals surface area contributed by atoms with Gasteiger partial charge in [0, 0.05) is 24.2 Å². The second-order valence-electron chi connectivity index (χ2n) is 4.77. The van der Waals surface area contributed by atoms with E-state index in [2.05, 4.69) is 52.5 Å². The average molecular weight is 287 g/mol. The van der Waals surface area contributed by atoms with Crippen LogP contribution in [0.25, 0.3) is 0 Å². The molecule has 0 radical (unpaired) electrons. The first-order valence-electron chi connectivity index (χ1n) is 6.99. The lowest BCUT2D eigenvalue weighted by molar-refractivity contribution is 0.577. The summed E-state index contributed by atoms with van der Waals surface area (Å²) in [6, 6.07) is 10.9. The number of aryl methyl sites for hydroxylation is 1. The molecule has 106 valence electrons. The van der Waals surface area contributed by atoms with E-state index >= 15 is 0 Å². The minimum absolute atomic E-state index is 0.339. The van der Waals surface area contributed by atoms with Crippen LogP contribution < -0.4 is 5.32 Å². The minimum Gasteiger partial charge on any atom is -0.309 e. The molecule has 0 aliphatic heterocycles. The maximum atomic E-state index is 4.35. The van der Waals surface area contributed by atoms with Gasteiger partial charge < -0.3 is 5.32 Å². The molecule has 0 saturated heterocycles. The smallest absolute Gasteiger partial charge is 0.187 e. The first-order chi connectivity index (χ1) is 9.79. The molecule has 20 heavy (non-hydrogen) atoms. The molecule has 0 aliphatic carbocycles. The highest BCUT2D eigenvalue weighted by molar-refractivity contribution is 7.99. The molecule has 0 spiro atoms. The molecule has 1 unspecified atom stereocenters. The van der Waals surface area contributed by atoms with Crippen molar-refractivity contribution in [1.29, 1.82) is 0 Å². The monoisotopic (exact) mass is 287 g/mol. The molecule has 0 bridgehead atoms. The second-order valence-corrected chi connectivity index (χ2v) is 5.76. The second kappa shape index (κ2) is 8.02. The number of hydrogen-bond acceptors (Lipinski definition) is 4. The van der Waals surface area contributed by atoms with Crippen LogP contribution in [-0.4, -0.2) is 22.3 Å². The lowest BCUT2D eigenvalue weighted by atomic mass is 10.1. The third kappa shape index (κ3) is 4.62. The van der Waals surface area contributed by atoms with E-state index in [1.807, 2.05) is 19.3 Å². The van der Waals surface area contributed by atoms with Crippen LogP contribution in [0.1, 0.15) is 30.5 Å². The summed E-state index contributed by atoms with van der Waals surface area (Å²) in [6.07, 6.45) is 4.87. The van der Waals surface area contributed by atoms with Gasteiger partial charge in [0.05, 0.1) is 0 Å². The molecule has 2 aromatic rings. The molecule has 1 aromatic heterocycles. The third-order valence-electron chi connectivity index (χ3n) is 2.98. The summed E-state index contributed by atoms with van der Waals surface area (Å²) in [6.45, 7) is 5.21. The third-order valence-corrected chi connectivity index (χ3v) is 3.95. The molecule has 0 fully saturated rings. The zero-order valence-electron chi connectivity index (χ0n) is 12.0. The Morgan fingerprint density at radius 3 is 2.50 bits per heavy atom. The van der Waals surface area contributed by atoms with Gasteiger partial charge in [-0.05, 0) is 31.0 Å². The fourth-order valence-corrected chi connectivity index (χ4v) is 2.77. The lowest BCUT2D eigenvalue weighted by Crippen LogP contribution is -2.24. The average Bonchev–Trinajstić information content (AvgIpc) is 2.50. The number of nitrogens with one attached hydrogen (secondary N) is 1. The van der Waals surface area contributed by atoms with E-state index in [-0.39, 0.29) is 0 Å². The summed E-state index contributed by atoms with van der Waals surface area (Å²) in [5.41, 5.74) is 2.42. The highest BCUT2D eigenvalue weighted by Gasteiger charge is 2.11. The van der Waals surface area contributed by atoms with Gasteiger partial charge in [0.25, 0.3) is 0 Å².